The number of carbonyl (C=O) groups is 1. The van der Waals surface area contributed by atoms with Crippen molar-refractivity contribution in [2.75, 3.05) is 19.0 Å². The van der Waals surface area contributed by atoms with Crippen LogP contribution in [0.2, 0.25) is 0 Å². The molecule has 0 aliphatic heterocycles. The molecule has 0 aliphatic rings. The molecule has 5 nitrogen and oxygen atoms in total. The smallest absolute Gasteiger partial charge is 0.319 e. The van der Waals surface area contributed by atoms with Gasteiger partial charge in [-0.15, -0.1) is 0 Å². The van der Waals surface area contributed by atoms with Crippen molar-refractivity contribution >= 4 is 11.7 Å². The van der Waals surface area contributed by atoms with E-state index in [1.807, 2.05) is 0 Å². The van der Waals surface area contributed by atoms with Gasteiger partial charge in [-0.2, -0.15) is 0 Å². The van der Waals surface area contributed by atoms with E-state index in [0.717, 1.165) is 0 Å². The largest absolute Gasteiger partial charge is 0.497 e. The van der Waals surface area contributed by atoms with E-state index in [9.17, 15) is 9.18 Å². The first-order valence-electron chi connectivity index (χ1n) is 5.41. The molecule has 3 N–H and O–H groups in total. The number of halogens is 1. The number of hydrogen-bond donors (Lipinski definition) is 3. The Bertz CT molecular complexity index is 435. The lowest BCUT2D eigenvalue weighted by molar-refractivity contribution is 0.187. The second-order valence-electron chi connectivity index (χ2n) is 4.50. The Morgan fingerprint density at radius 3 is 2.67 bits per heavy atom. The van der Waals surface area contributed by atoms with Crippen LogP contribution in [0.1, 0.15) is 13.8 Å². The van der Waals surface area contributed by atoms with Crippen LogP contribution in [-0.4, -0.2) is 30.4 Å². The number of rotatable bonds is 4. The molecule has 1 rings (SSSR count). The zero-order valence-corrected chi connectivity index (χ0v) is 10.6. The molecule has 0 spiro atoms. The maximum absolute atomic E-state index is 13.2. The van der Waals surface area contributed by atoms with Crippen molar-refractivity contribution in [3.63, 3.8) is 0 Å². The number of carbonyl (C=O) groups excluding carboxylic acids is 1. The number of aliphatic hydroxyl groups excluding tert-OH is 1. The summed E-state index contributed by atoms with van der Waals surface area (Å²) in [6.07, 6.45) is 0. The number of hydrogen-bond acceptors (Lipinski definition) is 3. The van der Waals surface area contributed by atoms with Crippen LogP contribution in [0.4, 0.5) is 14.9 Å². The van der Waals surface area contributed by atoms with Crippen molar-refractivity contribution < 1.29 is 19.0 Å². The number of aliphatic hydroxyl groups is 1. The van der Waals surface area contributed by atoms with Crippen molar-refractivity contribution in [3.05, 3.63) is 24.0 Å². The quantitative estimate of drug-likeness (QED) is 0.768. The van der Waals surface area contributed by atoms with Crippen LogP contribution in [0, 0.1) is 5.82 Å². The van der Waals surface area contributed by atoms with Gasteiger partial charge < -0.3 is 20.5 Å². The lowest BCUT2D eigenvalue weighted by Gasteiger charge is -2.23. The molecule has 0 heterocycles. The van der Waals surface area contributed by atoms with Crippen molar-refractivity contribution in [1.29, 1.82) is 0 Å². The Morgan fingerprint density at radius 1 is 1.44 bits per heavy atom. The third-order valence-corrected chi connectivity index (χ3v) is 2.21. The summed E-state index contributed by atoms with van der Waals surface area (Å²) in [5.41, 5.74) is -0.473. The molecular formula is C12H17FN2O3. The standard InChI is InChI=1S/C12H17FN2O3/c1-12(2,7-16)15-11(17)14-9-4-8(13)5-10(6-9)18-3/h4-6,16H,7H2,1-3H3,(H2,14,15,17). The van der Waals surface area contributed by atoms with Crippen LogP contribution in [0.25, 0.3) is 0 Å². The summed E-state index contributed by atoms with van der Waals surface area (Å²) < 4.78 is 18.1. The van der Waals surface area contributed by atoms with Gasteiger partial charge in [0.25, 0.3) is 0 Å². The van der Waals surface area contributed by atoms with E-state index in [4.69, 9.17) is 9.84 Å². The highest BCUT2D eigenvalue weighted by molar-refractivity contribution is 5.89. The van der Waals surface area contributed by atoms with Gasteiger partial charge in [0, 0.05) is 17.8 Å². The number of urea groups is 1. The summed E-state index contributed by atoms with van der Waals surface area (Å²) in [5, 5.41) is 14.0. The lowest BCUT2D eigenvalue weighted by atomic mass is 10.1. The maximum atomic E-state index is 13.2. The fourth-order valence-electron chi connectivity index (χ4n) is 1.26. The molecule has 0 bridgehead atoms. The molecule has 1 aromatic carbocycles. The Kier molecular flexibility index (Phi) is 4.49. The number of ether oxygens (including phenoxy) is 1. The first-order valence-corrected chi connectivity index (χ1v) is 5.41. The van der Waals surface area contributed by atoms with Crippen molar-refractivity contribution in [1.82, 2.24) is 5.32 Å². The van der Waals surface area contributed by atoms with Crippen molar-refractivity contribution in [2.45, 2.75) is 19.4 Å². The minimum Gasteiger partial charge on any atom is -0.497 e. The molecule has 0 saturated heterocycles. The molecule has 6 heteroatoms. The average molecular weight is 256 g/mol. The molecule has 100 valence electrons. The van der Waals surface area contributed by atoms with Crippen LogP contribution < -0.4 is 15.4 Å². The van der Waals surface area contributed by atoms with Crippen LogP contribution in [-0.2, 0) is 0 Å². The van der Waals surface area contributed by atoms with Gasteiger partial charge in [-0.1, -0.05) is 0 Å². The molecular weight excluding hydrogens is 239 g/mol. The van der Waals surface area contributed by atoms with E-state index < -0.39 is 17.4 Å². The van der Waals surface area contributed by atoms with Gasteiger partial charge in [0.15, 0.2) is 0 Å². The monoisotopic (exact) mass is 256 g/mol. The summed E-state index contributed by atoms with van der Waals surface area (Å²) in [5.74, 6) is -0.196. The minimum absolute atomic E-state index is 0.201. The Hall–Kier alpha value is -1.82. The molecule has 2 amide bonds. The zero-order chi connectivity index (χ0) is 13.8. The van der Waals surface area contributed by atoms with Gasteiger partial charge in [-0.25, -0.2) is 9.18 Å². The number of nitrogens with one attached hydrogen (secondary N) is 2. The highest BCUT2D eigenvalue weighted by Gasteiger charge is 2.19. The fraction of sp³-hybridized carbons (Fsp3) is 0.417. The summed E-state index contributed by atoms with van der Waals surface area (Å²) in [6.45, 7) is 3.13. The zero-order valence-electron chi connectivity index (χ0n) is 10.6. The van der Waals surface area contributed by atoms with E-state index >= 15 is 0 Å². The predicted molar refractivity (Wildman–Crippen MR) is 66.3 cm³/mol. The Labute approximate surface area is 105 Å². The van der Waals surface area contributed by atoms with E-state index in [1.165, 1.54) is 25.3 Å². The normalized spacial score (nSPS) is 10.9. The molecule has 1 aromatic rings. The predicted octanol–water partition coefficient (Wildman–Crippen LogP) is 1.73. The van der Waals surface area contributed by atoms with E-state index in [2.05, 4.69) is 10.6 Å². The summed E-state index contributed by atoms with van der Waals surface area (Å²) in [4.78, 5) is 11.6. The van der Waals surface area contributed by atoms with E-state index in [1.54, 1.807) is 13.8 Å². The fourth-order valence-corrected chi connectivity index (χ4v) is 1.26. The number of benzene rings is 1. The molecule has 0 atom stereocenters. The molecule has 0 aromatic heterocycles. The Balaban J connectivity index is 2.73. The van der Waals surface area contributed by atoms with Gasteiger partial charge in [0.05, 0.1) is 19.3 Å². The molecule has 0 unspecified atom stereocenters. The average Bonchev–Trinajstić information content (AvgIpc) is 2.27. The number of amides is 2. The number of anilines is 1. The third-order valence-electron chi connectivity index (χ3n) is 2.21. The summed E-state index contributed by atoms with van der Waals surface area (Å²) in [7, 11) is 1.41. The number of methoxy groups -OCH3 is 1. The molecule has 18 heavy (non-hydrogen) atoms. The highest BCUT2D eigenvalue weighted by atomic mass is 19.1. The molecule has 0 radical (unpaired) electrons. The highest BCUT2D eigenvalue weighted by Crippen LogP contribution is 2.19. The van der Waals surface area contributed by atoms with Crippen LogP contribution in [0.15, 0.2) is 18.2 Å². The maximum Gasteiger partial charge on any atom is 0.319 e. The SMILES string of the molecule is COc1cc(F)cc(NC(=O)NC(C)(C)CO)c1. The van der Waals surface area contributed by atoms with E-state index in [0.29, 0.717) is 5.75 Å². The minimum atomic E-state index is -0.749. The second-order valence-corrected chi connectivity index (χ2v) is 4.50. The summed E-state index contributed by atoms with van der Waals surface area (Å²) in [6, 6.07) is 3.35. The molecule has 0 saturated carbocycles. The topological polar surface area (TPSA) is 70.6 Å². The van der Waals surface area contributed by atoms with Crippen LogP contribution in [0.5, 0.6) is 5.75 Å². The van der Waals surface area contributed by atoms with Crippen molar-refractivity contribution in [2.24, 2.45) is 0 Å². The second kappa shape index (κ2) is 5.68. The van der Waals surface area contributed by atoms with Gasteiger partial charge in [0.2, 0.25) is 0 Å². The van der Waals surface area contributed by atoms with Gasteiger partial charge in [-0.3, -0.25) is 0 Å². The Morgan fingerprint density at radius 2 is 2.11 bits per heavy atom. The van der Waals surface area contributed by atoms with Crippen LogP contribution in [0.3, 0.4) is 0 Å². The lowest BCUT2D eigenvalue weighted by Crippen LogP contribution is -2.48. The first-order chi connectivity index (χ1) is 8.36. The van der Waals surface area contributed by atoms with Gasteiger partial charge in [0.1, 0.15) is 11.6 Å². The first kappa shape index (κ1) is 14.2. The van der Waals surface area contributed by atoms with Gasteiger partial charge in [-0.05, 0) is 19.9 Å². The van der Waals surface area contributed by atoms with E-state index in [-0.39, 0.29) is 12.3 Å². The molecule has 0 fully saturated rings. The van der Waals surface area contributed by atoms with Crippen LogP contribution >= 0.6 is 0 Å². The van der Waals surface area contributed by atoms with Crippen molar-refractivity contribution in [3.8, 4) is 5.75 Å². The third kappa shape index (κ3) is 4.21. The summed E-state index contributed by atoms with van der Waals surface area (Å²) >= 11 is 0. The van der Waals surface area contributed by atoms with Gasteiger partial charge >= 0.3 is 6.03 Å². The molecule has 0 aliphatic carbocycles.